The van der Waals surface area contributed by atoms with Gasteiger partial charge in [-0.2, -0.15) is 0 Å². The summed E-state index contributed by atoms with van der Waals surface area (Å²) in [6.45, 7) is 4.46. The monoisotopic (exact) mass is 533 g/mol. The van der Waals surface area contributed by atoms with Gasteiger partial charge in [0.2, 0.25) is 5.75 Å². The quantitative estimate of drug-likeness (QED) is 0.193. The van der Waals surface area contributed by atoms with Crippen molar-refractivity contribution in [2.24, 2.45) is 0 Å². The van der Waals surface area contributed by atoms with E-state index in [1.807, 2.05) is 13.8 Å². The number of hydrogen-bond donors (Lipinski definition) is 1. The van der Waals surface area contributed by atoms with Crippen molar-refractivity contribution in [3.8, 4) is 23.0 Å². The van der Waals surface area contributed by atoms with Gasteiger partial charge in [-0.15, -0.1) is 0 Å². The normalized spacial score (nSPS) is 16.9. The van der Waals surface area contributed by atoms with Gasteiger partial charge in [0.05, 0.1) is 51.2 Å². The van der Waals surface area contributed by atoms with Crippen molar-refractivity contribution >= 4 is 29.1 Å². The van der Waals surface area contributed by atoms with E-state index in [9.17, 15) is 14.7 Å². The SMILES string of the molecule is COc1cc(/C(O)=C2\C(=O)C(=O)N(CCCOC(C)C)C2c2cc(OC)c(OC)c(OC)c2)ccc1Cl. The molecular formula is C27H32ClNO8. The fraction of sp³-hybridized carbons (Fsp3) is 0.407. The van der Waals surface area contributed by atoms with E-state index in [4.69, 9.17) is 35.3 Å². The molecule has 37 heavy (non-hydrogen) atoms. The predicted octanol–water partition coefficient (Wildman–Crippen LogP) is 4.61. The lowest BCUT2D eigenvalue weighted by molar-refractivity contribution is -0.140. The molecule has 1 heterocycles. The van der Waals surface area contributed by atoms with Gasteiger partial charge < -0.3 is 33.7 Å². The molecule has 2 aromatic carbocycles. The van der Waals surface area contributed by atoms with Gasteiger partial charge in [0.15, 0.2) is 11.5 Å². The number of benzene rings is 2. The molecule has 0 aromatic heterocycles. The first-order valence-electron chi connectivity index (χ1n) is 11.7. The van der Waals surface area contributed by atoms with Crippen LogP contribution < -0.4 is 18.9 Å². The van der Waals surface area contributed by atoms with Crippen LogP contribution in [0, 0.1) is 0 Å². The molecule has 1 fully saturated rings. The van der Waals surface area contributed by atoms with E-state index >= 15 is 0 Å². The van der Waals surface area contributed by atoms with Gasteiger partial charge in [-0.3, -0.25) is 9.59 Å². The Morgan fingerprint density at radius 3 is 2.14 bits per heavy atom. The van der Waals surface area contributed by atoms with Crippen LogP contribution in [0.3, 0.4) is 0 Å². The van der Waals surface area contributed by atoms with Gasteiger partial charge in [0.25, 0.3) is 11.7 Å². The fourth-order valence-electron chi connectivity index (χ4n) is 4.23. The van der Waals surface area contributed by atoms with E-state index in [0.29, 0.717) is 46.6 Å². The third-order valence-corrected chi connectivity index (χ3v) is 6.27. The minimum atomic E-state index is -0.922. The van der Waals surface area contributed by atoms with Gasteiger partial charge in [-0.1, -0.05) is 11.6 Å². The summed E-state index contributed by atoms with van der Waals surface area (Å²) in [5.74, 6) is -0.528. The van der Waals surface area contributed by atoms with Crippen LogP contribution in [0.15, 0.2) is 35.9 Å². The number of halogens is 1. The topological polar surface area (TPSA) is 104 Å². The van der Waals surface area contributed by atoms with E-state index < -0.39 is 17.7 Å². The maximum Gasteiger partial charge on any atom is 0.295 e. The number of aliphatic hydroxyl groups is 1. The number of Topliss-reactive ketones (excluding diaryl/α,β-unsaturated/α-hetero) is 1. The van der Waals surface area contributed by atoms with E-state index in [-0.39, 0.29) is 29.5 Å². The molecule has 200 valence electrons. The highest BCUT2D eigenvalue weighted by molar-refractivity contribution is 6.46. The predicted molar refractivity (Wildman–Crippen MR) is 139 cm³/mol. The molecule has 1 unspecified atom stereocenters. The number of nitrogens with zero attached hydrogens (tertiary/aromatic N) is 1. The minimum Gasteiger partial charge on any atom is -0.507 e. The first kappa shape index (κ1) is 28.1. The van der Waals surface area contributed by atoms with Crippen LogP contribution in [-0.4, -0.2) is 69.4 Å². The second-order valence-electron chi connectivity index (χ2n) is 8.57. The molecular weight excluding hydrogens is 502 g/mol. The number of rotatable bonds is 11. The smallest absolute Gasteiger partial charge is 0.295 e. The van der Waals surface area contributed by atoms with E-state index in [2.05, 4.69) is 0 Å². The highest BCUT2D eigenvalue weighted by atomic mass is 35.5. The molecule has 0 radical (unpaired) electrons. The van der Waals surface area contributed by atoms with Crippen molar-refractivity contribution in [2.75, 3.05) is 41.6 Å². The van der Waals surface area contributed by atoms with Crippen molar-refractivity contribution in [1.82, 2.24) is 4.90 Å². The summed E-state index contributed by atoms with van der Waals surface area (Å²) in [4.78, 5) is 28.0. The average Bonchev–Trinajstić information content (AvgIpc) is 3.14. The maximum atomic E-state index is 13.3. The molecule has 10 heteroatoms. The number of amides is 1. The Kier molecular flexibility index (Phi) is 9.29. The zero-order valence-corrected chi connectivity index (χ0v) is 22.5. The molecule has 0 aliphatic carbocycles. The number of methoxy groups -OCH3 is 4. The molecule has 3 rings (SSSR count). The van der Waals surface area contributed by atoms with Crippen molar-refractivity contribution in [2.45, 2.75) is 32.4 Å². The van der Waals surface area contributed by atoms with Gasteiger partial charge in [-0.25, -0.2) is 0 Å². The number of ether oxygens (including phenoxy) is 5. The van der Waals surface area contributed by atoms with Crippen molar-refractivity contribution in [3.05, 3.63) is 52.1 Å². The highest BCUT2D eigenvalue weighted by Gasteiger charge is 2.46. The standard InChI is InChI=1S/C27H32ClNO8/c1-15(2)37-11-7-10-29-23(17-13-20(34-4)26(36-6)21(14-17)35-5)22(25(31)27(29)32)24(30)16-8-9-18(28)19(12-16)33-3/h8-9,12-15,23,30H,7,10-11H2,1-6H3/b24-22+. The molecule has 0 spiro atoms. The molecule has 1 atom stereocenters. The first-order chi connectivity index (χ1) is 17.7. The van der Waals surface area contributed by atoms with Crippen molar-refractivity contribution in [1.29, 1.82) is 0 Å². The summed E-state index contributed by atoms with van der Waals surface area (Å²) < 4.78 is 27.3. The molecule has 1 N–H and O–H groups in total. The van der Waals surface area contributed by atoms with Crippen molar-refractivity contribution < 1.29 is 38.4 Å². The number of carbonyl (C=O) groups is 2. The van der Waals surface area contributed by atoms with E-state index in [1.54, 1.807) is 24.3 Å². The molecule has 9 nitrogen and oxygen atoms in total. The third-order valence-electron chi connectivity index (χ3n) is 5.96. The molecule has 1 amide bonds. The lowest BCUT2D eigenvalue weighted by Gasteiger charge is -2.26. The largest absolute Gasteiger partial charge is 0.507 e. The minimum absolute atomic E-state index is 0.0289. The van der Waals surface area contributed by atoms with Gasteiger partial charge in [0.1, 0.15) is 11.5 Å². The zero-order chi connectivity index (χ0) is 27.3. The number of carbonyl (C=O) groups excluding carboxylic acids is 2. The molecule has 2 aromatic rings. The molecule has 0 bridgehead atoms. The number of likely N-dealkylation sites (tertiary alicyclic amines) is 1. The van der Waals surface area contributed by atoms with Crippen LogP contribution in [0.25, 0.3) is 5.76 Å². The Hall–Kier alpha value is -3.43. The van der Waals surface area contributed by atoms with Crippen LogP contribution in [0.5, 0.6) is 23.0 Å². The number of ketones is 1. The van der Waals surface area contributed by atoms with E-state index in [1.165, 1.54) is 39.4 Å². The molecule has 1 aliphatic heterocycles. The first-order valence-corrected chi connectivity index (χ1v) is 12.1. The molecule has 1 aliphatic rings. The Bertz CT molecular complexity index is 1170. The van der Waals surface area contributed by atoms with Gasteiger partial charge in [-0.05, 0) is 56.2 Å². The summed E-state index contributed by atoms with van der Waals surface area (Å²) in [6.07, 6.45) is 0.516. The maximum absolute atomic E-state index is 13.3. The zero-order valence-electron chi connectivity index (χ0n) is 21.8. The summed E-state index contributed by atoms with van der Waals surface area (Å²) in [7, 11) is 5.87. The molecule has 0 saturated carbocycles. The third kappa shape index (κ3) is 5.78. The Balaban J connectivity index is 2.20. The van der Waals surface area contributed by atoms with Crippen LogP contribution >= 0.6 is 11.6 Å². The Labute approximate surface area is 221 Å². The number of aliphatic hydroxyl groups excluding tert-OH is 1. The van der Waals surface area contributed by atoms with Gasteiger partial charge in [0, 0.05) is 18.7 Å². The van der Waals surface area contributed by atoms with Crippen LogP contribution in [0.2, 0.25) is 5.02 Å². The van der Waals surface area contributed by atoms with Gasteiger partial charge >= 0.3 is 0 Å². The lowest BCUT2D eigenvalue weighted by atomic mass is 9.94. The van der Waals surface area contributed by atoms with Crippen LogP contribution in [-0.2, 0) is 14.3 Å². The highest BCUT2D eigenvalue weighted by Crippen LogP contribution is 2.46. The average molecular weight is 534 g/mol. The lowest BCUT2D eigenvalue weighted by Crippen LogP contribution is -2.31. The van der Waals surface area contributed by atoms with Crippen LogP contribution in [0.4, 0.5) is 0 Å². The van der Waals surface area contributed by atoms with E-state index in [0.717, 1.165) is 0 Å². The summed E-state index contributed by atoms with van der Waals surface area (Å²) in [5.41, 5.74) is 0.703. The number of hydrogen-bond acceptors (Lipinski definition) is 8. The second kappa shape index (κ2) is 12.2. The summed E-state index contributed by atoms with van der Waals surface area (Å²) in [5, 5.41) is 11.7. The second-order valence-corrected chi connectivity index (χ2v) is 8.98. The summed E-state index contributed by atoms with van der Waals surface area (Å²) in [6, 6.07) is 7.00. The Morgan fingerprint density at radius 1 is 0.973 bits per heavy atom. The van der Waals surface area contributed by atoms with Crippen LogP contribution in [0.1, 0.15) is 37.4 Å². The van der Waals surface area contributed by atoms with Crippen molar-refractivity contribution in [3.63, 3.8) is 0 Å². The molecule has 1 saturated heterocycles. The summed E-state index contributed by atoms with van der Waals surface area (Å²) >= 11 is 6.15. The Morgan fingerprint density at radius 2 is 1.59 bits per heavy atom. The fourth-order valence-corrected chi connectivity index (χ4v) is 4.43.